The summed E-state index contributed by atoms with van der Waals surface area (Å²) in [6, 6.07) is 0. The van der Waals surface area contributed by atoms with E-state index in [0.29, 0.717) is 0 Å². The topological polar surface area (TPSA) is 96.2 Å². The van der Waals surface area contributed by atoms with Gasteiger partial charge in [-0.3, -0.25) is 0 Å². The number of methoxy groups -OCH3 is 2. The maximum Gasteiger partial charge on any atom is 0.151 e. The molecule has 0 aliphatic carbocycles. The Labute approximate surface area is 84.9 Å². The van der Waals surface area contributed by atoms with Crippen LogP contribution in [0.2, 0.25) is 0 Å². The number of aliphatic hydroxyl groups excluding tert-OH is 3. The summed E-state index contributed by atoms with van der Waals surface area (Å²) in [5.74, 6) is 0. The lowest BCUT2D eigenvalue weighted by molar-refractivity contribution is -0.147. The van der Waals surface area contributed by atoms with Crippen LogP contribution in [0.3, 0.4) is 0 Å². The molecule has 6 heteroatoms. The zero-order valence-electron chi connectivity index (χ0n) is 9.57. The normalized spacial score (nSPS) is 21.6. The van der Waals surface area contributed by atoms with Crippen LogP contribution >= 0.6 is 0 Å². The summed E-state index contributed by atoms with van der Waals surface area (Å²) >= 11 is 0. The van der Waals surface area contributed by atoms with Crippen molar-refractivity contribution in [3.05, 3.63) is 0 Å². The van der Waals surface area contributed by atoms with Crippen molar-refractivity contribution in [2.24, 2.45) is 0 Å². The van der Waals surface area contributed by atoms with Gasteiger partial charge in [0.15, 0.2) is 6.29 Å². The summed E-state index contributed by atoms with van der Waals surface area (Å²) in [4.78, 5) is 10.5. The van der Waals surface area contributed by atoms with Crippen molar-refractivity contribution in [3.8, 4) is 0 Å². The van der Waals surface area contributed by atoms with Crippen LogP contribution in [0, 0.1) is 0 Å². The first-order valence-corrected chi connectivity index (χ1v) is 3.86. The molecular weight excluding hydrogens is 192 g/mol. The molecule has 84 valence electrons. The van der Waals surface area contributed by atoms with Crippen molar-refractivity contribution < 1.29 is 32.3 Å². The van der Waals surface area contributed by atoms with Crippen LogP contribution in [0.4, 0.5) is 0 Å². The smallest absolute Gasteiger partial charge is 0.151 e. The Morgan fingerprint density at radius 3 is 2.50 bits per heavy atom. The molecule has 14 heavy (non-hydrogen) atoms. The zero-order chi connectivity index (χ0) is 12.6. The van der Waals surface area contributed by atoms with Crippen LogP contribution in [-0.2, 0) is 14.3 Å². The van der Waals surface area contributed by atoms with Crippen molar-refractivity contribution in [2.45, 2.75) is 24.4 Å². The zero-order valence-corrected chi connectivity index (χ0v) is 7.57. The molecule has 0 saturated carbocycles. The monoisotopic (exact) mass is 210 g/mol. The molecule has 0 aliphatic rings. The highest BCUT2D eigenvalue weighted by Gasteiger charge is 2.32. The molecule has 6 nitrogen and oxygen atoms in total. The summed E-state index contributed by atoms with van der Waals surface area (Å²) in [5, 5.41) is 27.6. The first-order valence-electron chi connectivity index (χ1n) is 5.27. The standard InChI is InChI=1S/C8H16O6/c1-13-6(4-10)7(12)8(14-2)5(11)3-9/h4-9,11-12H,3H2,1-2H3/t5-,6+,7-,8+/m1/s1/i1D,2D. The number of hydrogen-bond donors (Lipinski definition) is 3. The number of aliphatic hydroxyl groups is 3. The Morgan fingerprint density at radius 2 is 2.07 bits per heavy atom. The van der Waals surface area contributed by atoms with Crippen molar-refractivity contribution >= 4 is 6.29 Å². The summed E-state index contributed by atoms with van der Waals surface area (Å²) < 4.78 is 22.8. The van der Waals surface area contributed by atoms with Gasteiger partial charge in [-0.25, -0.2) is 0 Å². The molecule has 3 N–H and O–H groups in total. The van der Waals surface area contributed by atoms with E-state index in [1.807, 2.05) is 0 Å². The Hall–Kier alpha value is -0.530. The van der Waals surface area contributed by atoms with Gasteiger partial charge in [0.05, 0.1) is 9.35 Å². The van der Waals surface area contributed by atoms with Crippen molar-refractivity contribution in [1.82, 2.24) is 0 Å². The lowest BCUT2D eigenvalue weighted by atomic mass is 10.0. The van der Waals surface area contributed by atoms with Crippen LogP contribution in [0.15, 0.2) is 0 Å². The second-order valence-corrected chi connectivity index (χ2v) is 2.64. The predicted molar refractivity (Wildman–Crippen MR) is 46.8 cm³/mol. The second kappa shape index (κ2) is 6.86. The van der Waals surface area contributed by atoms with Crippen LogP contribution < -0.4 is 0 Å². The molecule has 0 unspecified atom stereocenters. The molecule has 0 amide bonds. The molecule has 0 fully saturated rings. The van der Waals surface area contributed by atoms with E-state index in [2.05, 4.69) is 4.74 Å². The Bertz CT molecular complexity index is 193. The van der Waals surface area contributed by atoms with Gasteiger partial charge >= 0.3 is 0 Å². The predicted octanol–water partition coefficient (Wildman–Crippen LogP) is -2.07. The third-order valence-electron chi connectivity index (χ3n) is 1.76. The summed E-state index contributed by atoms with van der Waals surface area (Å²) in [7, 11) is -1.09. The molecular formula is C8H16O6. The molecule has 0 rings (SSSR count). The number of carbonyl (C=O) groups is 1. The lowest BCUT2D eigenvalue weighted by Crippen LogP contribution is -2.48. The minimum atomic E-state index is -1.55. The maximum absolute atomic E-state index is 10.5. The van der Waals surface area contributed by atoms with Gasteiger partial charge in [-0.1, -0.05) is 0 Å². The molecule has 0 saturated heterocycles. The van der Waals surface area contributed by atoms with Gasteiger partial charge in [0.2, 0.25) is 0 Å². The van der Waals surface area contributed by atoms with E-state index in [1.54, 1.807) is 0 Å². The van der Waals surface area contributed by atoms with Crippen LogP contribution in [0.1, 0.15) is 2.74 Å². The molecule has 0 aromatic heterocycles. The number of aldehydes is 1. The SMILES string of the molecule is [2H]CO[C@H]([C@H](O)[C@H](C=O)OC[2H])[C@H](O)CO. The van der Waals surface area contributed by atoms with E-state index in [9.17, 15) is 15.0 Å². The van der Waals surface area contributed by atoms with E-state index in [4.69, 9.17) is 12.6 Å². The quantitative estimate of drug-likeness (QED) is 0.418. The summed E-state index contributed by atoms with van der Waals surface area (Å²) in [6.07, 6.45) is -5.36. The number of ether oxygens (including phenoxy) is 2. The Morgan fingerprint density at radius 1 is 1.43 bits per heavy atom. The van der Waals surface area contributed by atoms with E-state index in [-0.39, 0.29) is 6.29 Å². The molecule has 0 aliphatic heterocycles. The fourth-order valence-corrected chi connectivity index (χ4v) is 0.946. The van der Waals surface area contributed by atoms with E-state index < -0.39 is 45.2 Å². The number of hydrogen-bond acceptors (Lipinski definition) is 6. The van der Waals surface area contributed by atoms with Gasteiger partial charge in [0, 0.05) is 14.2 Å². The van der Waals surface area contributed by atoms with Gasteiger partial charge in [0.1, 0.15) is 24.4 Å². The molecule has 0 spiro atoms. The first kappa shape index (κ1) is 10.0. The third kappa shape index (κ3) is 3.32. The van der Waals surface area contributed by atoms with Gasteiger partial charge in [0.25, 0.3) is 0 Å². The Balaban J connectivity index is 4.55. The van der Waals surface area contributed by atoms with E-state index in [1.165, 1.54) is 0 Å². The van der Waals surface area contributed by atoms with Crippen molar-refractivity contribution in [3.63, 3.8) is 0 Å². The maximum atomic E-state index is 10.5. The minimum Gasteiger partial charge on any atom is -0.394 e. The average Bonchev–Trinajstić information content (AvgIpc) is 2.31. The largest absolute Gasteiger partial charge is 0.394 e. The molecule has 4 atom stereocenters. The van der Waals surface area contributed by atoms with E-state index in [0.717, 1.165) is 0 Å². The van der Waals surface area contributed by atoms with Crippen molar-refractivity contribution in [1.29, 1.82) is 0 Å². The average molecular weight is 210 g/mol. The molecule has 0 aromatic rings. The lowest BCUT2D eigenvalue weighted by Gasteiger charge is -2.27. The minimum absolute atomic E-state index is 0.267. The second-order valence-electron chi connectivity index (χ2n) is 2.64. The van der Waals surface area contributed by atoms with Crippen LogP contribution in [-0.4, -0.2) is 66.8 Å². The number of rotatable bonds is 7. The van der Waals surface area contributed by atoms with Gasteiger partial charge in [-0.2, -0.15) is 0 Å². The van der Waals surface area contributed by atoms with Crippen molar-refractivity contribution in [2.75, 3.05) is 20.8 Å². The Kier molecular flexibility index (Phi) is 4.90. The fourth-order valence-electron chi connectivity index (χ4n) is 0.946. The van der Waals surface area contributed by atoms with Crippen LogP contribution in [0.25, 0.3) is 0 Å². The van der Waals surface area contributed by atoms with Crippen LogP contribution in [0.5, 0.6) is 0 Å². The summed E-state index contributed by atoms with van der Waals surface area (Å²) in [6.45, 7) is -0.686. The van der Waals surface area contributed by atoms with Gasteiger partial charge in [-0.05, 0) is 0 Å². The third-order valence-corrected chi connectivity index (χ3v) is 1.76. The van der Waals surface area contributed by atoms with Gasteiger partial charge in [-0.15, -0.1) is 0 Å². The molecule has 0 aromatic carbocycles. The van der Waals surface area contributed by atoms with Gasteiger partial charge < -0.3 is 29.6 Å². The fraction of sp³-hybridized carbons (Fsp3) is 0.875. The number of carbonyl (C=O) groups excluding carboxylic acids is 1. The summed E-state index contributed by atoms with van der Waals surface area (Å²) in [5.41, 5.74) is 0. The molecule has 0 heterocycles. The first-order chi connectivity index (χ1) is 7.62. The molecule has 0 radical (unpaired) electrons. The highest BCUT2D eigenvalue weighted by molar-refractivity contribution is 5.57. The molecule has 0 bridgehead atoms. The highest BCUT2D eigenvalue weighted by atomic mass is 16.5. The highest BCUT2D eigenvalue weighted by Crippen LogP contribution is 2.09. The van der Waals surface area contributed by atoms with E-state index >= 15 is 0 Å².